The number of carbonyl (C=O) groups excluding carboxylic acids is 1. The van der Waals surface area contributed by atoms with Crippen LogP contribution in [-0.2, 0) is 14.3 Å². The molecule has 5 rings (SSSR count). The van der Waals surface area contributed by atoms with Gasteiger partial charge in [-0.15, -0.1) is 0 Å². The van der Waals surface area contributed by atoms with E-state index in [-0.39, 0.29) is 17.6 Å². The summed E-state index contributed by atoms with van der Waals surface area (Å²) in [6.45, 7) is 2.08. The maximum Gasteiger partial charge on any atom is 0.182 e. The molecule has 0 unspecified atom stereocenters. The minimum absolute atomic E-state index is 0.131. The zero-order valence-electron chi connectivity index (χ0n) is 15.8. The van der Waals surface area contributed by atoms with Gasteiger partial charge in [-0.3, -0.25) is 4.79 Å². The molecule has 1 heterocycles. The van der Waals surface area contributed by atoms with Crippen molar-refractivity contribution in [1.82, 2.24) is 4.98 Å². The van der Waals surface area contributed by atoms with Gasteiger partial charge in [0.1, 0.15) is 5.78 Å². The smallest absolute Gasteiger partial charge is 0.182 e. The van der Waals surface area contributed by atoms with Crippen LogP contribution in [0.3, 0.4) is 0 Å². The highest BCUT2D eigenvalue weighted by Gasteiger charge is 2.56. The van der Waals surface area contributed by atoms with Crippen molar-refractivity contribution >= 4 is 16.7 Å². The Morgan fingerprint density at radius 1 is 1.04 bits per heavy atom. The lowest BCUT2D eigenvalue weighted by Gasteiger charge is -2.46. The van der Waals surface area contributed by atoms with E-state index in [1.165, 1.54) is 5.56 Å². The highest BCUT2D eigenvalue weighted by atomic mass is 16.7. The molecule has 0 radical (unpaired) electrons. The van der Waals surface area contributed by atoms with Crippen LogP contribution in [0.5, 0.6) is 0 Å². The van der Waals surface area contributed by atoms with Crippen LogP contribution >= 0.6 is 0 Å². The predicted octanol–water partition coefficient (Wildman–Crippen LogP) is 4.68. The second-order valence-electron chi connectivity index (χ2n) is 7.73. The lowest BCUT2D eigenvalue weighted by Crippen LogP contribution is -2.50. The molecule has 2 aliphatic rings. The van der Waals surface area contributed by atoms with E-state index in [0.29, 0.717) is 12.8 Å². The summed E-state index contributed by atoms with van der Waals surface area (Å²) in [6.07, 6.45) is 0.872. The summed E-state index contributed by atoms with van der Waals surface area (Å²) in [5.41, 5.74) is 6.74. The molecule has 2 atom stereocenters. The molecule has 138 valence electrons. The number of Topliss-reactive ketones (excluding diaryl/α,β-unsaturated/α-hetero) is 1. The predicted molar refractivity (Wildman–Crippen MR) is 105 cm³/mol. The Bertz CT molecular complexity index is 1060. The van der Waals surface area contributed by atoms with Crippen molar-refractivity contribution < 1.29 is 14.3 Å². The fraction of sp³-hybridized carbons (Fsp3) is 0.348. The van der Waals surface area contributed by atoms with Gasteiger partial charge in [-0.25, -0.2) is 0 Å². The molecule has 1 fully saturated rings. The average molecular weight is 361 g/mol. The van der Waals surface area contributed by atoms with Crippen LogP contribution in [0.2, 0.25) is 0 Å². The number of ketones is 1. The summed E-state index contributed by atoms with van der Waals surface area (Å²) < 4.78 is 12.2. The van der Waals surface area contributed by atoms with Gasteiger partial charge in [0.05, 0.1) is 5.69 Å². The number of hydrogen-bond acceptors (Lipinski definition) is 3. The number of para-hydroxylation sites is 1. The van der Waals surface area contributed by atoms with Gasteiger partial charge >= 0.3 is 0 Å². The molecular formula is C23H23NO3. The zero-order chi connectivity index (χ0) is 18.8. The van der Waals surface area contributed by atoms with Gasteiger partial charge in [0, 0.05) is 55.4 Å². The molecule has 2 aromatic carbocycles. The number of fused-ring (bicyclic) bond motifs is 9. The maximum atomic E-state index is 12.8. The molecule has 27 heavy (non-hydrogen) atoms. The molecule has 4 nitrogen and oxygen atoms in total. The van der Waals surface area contributed by atoms with Crippen molar-refractivity contribution in [1.29, 1.82) is 0 Å². The first kappa shape index (κ1) is 16.7. The Morgan fingerprint density at radius 2 is 1.78 bits per heavy atom. The van der Waals surface area contributed by atoms with Crippen LogP contribution in [0.15, 0.2) is 42.5 Å². The third kappa shape index (κ3) is 2.14. The molecular weight excluding hydrogens is 338 g/mol. The van der Waals surface area contributed by atoms with Gasteiger partial charge in [0.15, 0.2) is 5.79 Å². The minimum Gasteiger partial charge on any atom is -0.354 e. The third-order valence-electron chi connectivity index (χ3n) is 6.42. The minimum atomic E-state index is -0.854. The Hall–Kier alpha value is -2.43. The van der Waals surface area contributed by atoms with Gasteiger partial charge < -0.3 is 14.5 Å². The number of H-pyrrole nitrogens is 1. The molecule has 0 saturated heterocycles. The summed E-state index contributed by atoms with van der Waals surface area (Å²) in [5.74, 6) is -0.877. The highest BCUT2D eigenvalue weighted by molar-refractivity contribution is 5.95. The number of aromatic nitrogens is 1. The van der Waals surface area contributed by atoms with Crippen molar-refractivity contribution in [2.24, 2.45) is 0 Å². The standard InChI is InChI=1S/C23H23NO3/c1-13-8-9-15-17(10-13)18-11-14(25)12-19(23(18,26-2)27-3)21-16-6-4-5-7-20(16)24-22(15)21/h4-10,18-19,24H,11-12H2,1-3H3/t18-,19+/m1/s1. The lowest BCUT2D eigenvalue weighted by atomic mass is 9.70. The van der Waals surface area contributed by atoms with E-state index in [1.807, 2.05) is 12.1 Å². The van der Waals surface area contributed by atoms with Gasteiger partial charge in [-0.05, 0) is 24.1 Å². The van der Waals surface area contributed by atoms with Crippen molar-refractivity contribution in [3.05, 3.63) is 59.2 Å². The van der Waals surface area contributed by atoms with Crippen molar-refractivity contribution in [3.8, 4) is 11.3 Å². The molecule has 0 spiro atoms. The van der Waals surface area contributed by atoms with E-state index >= 15 is 0 Å². The van der Waals surface area contributed by atoms with E-state index in [0.717, 1.165) is 33.3 Å². The van der Waals surface area contributed by atoms with Crippen LogP contribution in [-0.4, -0.2) is 30.8 Å². The summed E-state index contributed by atoms with van der Waals surface area (Å²) in [6, 6.07) is 14.8. The topological polar surface area (TPSA) is 51.3 Å². The Morgan fingerprint density at radius 3 is 2.56 bits per heavy atom. The number of nitrogens with one attached hydrogen (secondary N) is 1. The van der Waals surface area contributed by atoms with E-state index < -0.39 is 5.79 Å². The fourth-order valence-electron chi connectivity index (χ4n) is 5.28. The molecule has 3 aromatic rings. The van der Waals surface area contributed by atoms with Crippen LogP contribution in [0.4, 0.5) is 0 Å². The van der Waals surface area contributed by atoms with Gasteiger partial charge in [-0.1, -0.05) is 42.0 Å². The molecule has 2 bridgehead atoms. The van der Waals surface area contributed by atoms with Crippen LogP contribution < -0.4 is 0 Å². The van der Waals surface area contributed by atoms with E-state index in [9.17, 15) is 4.79 Å². The normalized spacial score (nSPS) is 23.0. The summed E-state index contributed by atoms with van der Waals surface area (Å²) >= 11 is 0. The van der Waals surface area contributed by atoms with E-state index in [1.54, 1.807) is 14.2 Å². The number of hydrogen-bond donors (Lipinski definition) is 1. The largest absolute Gasteiger partial charge is 0.354 e. The van der Waals surface area contributed by atoms with Crippen molar-refractivity contribution in [2.75, 3.05) is 14.2 Å². The number of benzene rings is 2. The van der Waals surface area contributed by atoms with Crippen LogP contribution in [0.25, 0.3) is 22.2 Å². The molecule has 1 aromatic heterocycles. The molecule has 1 saturated carbocycles. The first-order chi connectivity index (χ1) is 13.1. The SMILES string of the molecule is COC1(OC)[C@@H]2CC(=O)C[C@H]1c1c([nH]c3ccccc13)-c1ccc(C)cc12. The average Bonchev–Trinajstić information content (AvgIpc) is 3.04. The number of rotatable bonds is 2. The summed E-state index contributed by atoms with van der Waals surface area (Å²) in [4.78, 5) is 16.4. The van der Waals surface area contributed by atoms with Gasteiger partial charge in [-0.2, -0.15) is 0 Å². The first-order valence-electron chi connectivity index (χ1n) is 9.42. The third-order valence-corrected chi connectivity index (χ3v) is 6.42. The number of aryl methyl sites for hydroxylation is 1. The molecule has 4 heteroatoms. The molecule has 1 N–H and O–H groups in total. The number of ether oxygens (including phenoxy) is 2. The molecule has 0 aliphatic heterocycles. The zero-order valence-corrected chi connectivity index (χ0v) is 15.8. The summed E-state index contributed by atoms with van der Waals surface area (Å²) in [5, 5.41) is 1.14. The Labute approximate surface area is 158 Å². The monoisotopic (exact) mass is 361 g/mol. The molecule has 2 aliphatic carbocycles. The molecule has 0 amide bonds. The van der Waals surface area contributed by atoms with Gasteiger partial charge in [0.25, 0.3) is 0 Å². The van der Waals surface area contributed by atoms with Crippen molar-refractivity contribution in [2.45, 2.75) is 37.4 Å². The Kier molecular flexibility index (Phi) is 3.58. The van der Waals surface area contributed by atoms with E-state index in [4.69, 9.17) is 9.47 Å². The fourth-order valence-corrected chi connectivity index (χ4v) is 5.28. The number of methoxy groups -OCH3 is 2. The van der Waals surface area contributed by atoms with Crippen LogP contribution in [0, 0.1) is 6.92 Å². The summed E-state index contributed by atoms with van der Waals surface area (Å²) in [7, 11) is 3.41. The van der Waals surface area contributed by atoms with Crippen LogP contribution in [0.1, 0.15) is 41.4 Å². The van der Waals surface area contributed by atoms with E-state index in [2.05, 4.69) is 42.2 Å². The number of carbonyl (C=O) groups is 1. The first-order valence-corrected chi connectivity index (χ1v) is 9.42. The number of aromatic amines is 1. The quantitative estimate of drug-likeness (QED) is 0.675. The van der Waals surface area contributed by atoms with Gasteiger partial charge in [0.2, 0.25) is 0 Å². The highest BCUT2D eigenvalue weighted by Crippen LogP contribution is 2.57. The lowest BCUT2D eigenvalue weighted by molar-refractivity contribution is -0.244. The second kappa shape index (κ2) is 5.78. The maximum absolute atomic E-state index is 12.8. The second-order valence-corrected chi connectivity index (χ2v) is 7.73. The Balaban J connectivity index is 1.95. The van der Waals surface area contributed by atoms with Crippen molar-refractivity contribution in [3.63, 3.8) is 0 Å².